The molecule has 0 amide bonds. The van der Waals surface area contributed by atoms with E-state index >= 15 is 0 Å². The summed E-state index contributed by atoms with van der Waals surface area (Å²) in [6.45, 7) is 4.37. The molecule has 0 spiro atoms. The molecule has 1 aliphatic heterocycles. The van der Waals surface area contributed by atoms with Crippen LogP contribution in [0.3, 0.4) is 0 Å². The van der Waals surface area contributed by atoms with Crippen LogP contribution in [-0.4, -0.2) is 30.5 Å². The molecule has 4 nitrogen and oxygen atoms in total. The van der Waals surface area contributed by atoms with E-state index in [0.717, 1.165) is 0 Å². The Balaban J connectivity index is 0.000000810. The third-order valence-electron chi connectivity index (χ3n) is 0.879. The minimum atomic E-state index is -0.552. The molecule has 1 aliphatic rings. The van der Waals surface area contributed by atoms with Crippen LogP contribution in [0.1, 0.15) is 0 Å². The normalized spacial score (nSPS) is 14.6. The monoisotopic (exact) mass is 185 g/mol. The van der Waals surface area contributed by atoms with E-state index < -0.39 is 5.97 Å². The van der Waals surface area contributed by atoms with Crippen molar-refractivity contribution in [3.05, 3.63) is 6.92 Å². The Kier molecular flexibility index (Phi) is 3.88. The van der Waals surface area contributed by atoms with E-state index in [1.54, 1.807) is 0 Å². The largest absolute Gasteiger partial charge is 0.373 e. The molecule has 5 heteroatoms. The predicted molar refractivity (Wildman–Crippen MR) is 31.5 cm³/mol. The third kappa shape index (κ3) is 2.73. The molecule has 1 rings (SSSR count). The number of aliphatic imine (C=N–C) groups is 1. The summed E-state index contributed by atoms with van der Waals surface area (Å²) in [5.74, 6) is -0.552. The zero-order valence-corrected chi connectivity index (χ0v) is 6.21. The number of hydroxylamine groups is 2. The topological polar surface area (TPSA) is 41.9 Å². The first-order valence-corrected chi connectivity index (χ1v) is 2.59. The van der Waals surface area contributed by atoms with E-state index in [4.69, 9.17) is 0 Å². The number of hydrogen-bond acceptors (Lipinski definition) is 4. The second kappa shape index (κ2) is 4.17. The predicted octanol–water partition coefficient (Wildman–Crippen LogP) is -0.380. The Morgan fingerprint density at radius 2 is 2.50 bits per heavy atom. The van der Waals surface area contributed by atoms with Crippen LogP contribution in [0.4, 0.5) is 0 Å². The first-order chi connectivity index (χ1) is 4.29. The Bertz CT molecular complexity index is 149. The average Bonchev–Trinajstić information content (AvgIpc) is 2.15. The van der Waals surface area contributed by atoms with Gasteiger partial charge in [-0.05, 0) is 0 Å². The molecule has 1 heterocycles. The van der Waals surface area contributed by atoms with Gasteiger partial charge in [0, 0.05) is 16.5 Å². The molecule has 0 aliphatic carbocycles. The van der Waals surface area contributed by atoms with Crippen molar-refractivity contribution in [3.63, 3.8) is 0 Å². The van der Waals surface area contributed by atoms with Gasteiger partial charge in [0.05, 0.1) is 13.1 Å². The van der Waals surface area contributed by atoms with Gasteiger partial charge in [-0.15, -0.1) is 0 Å². The zero-order chi connectivity index (χ0) is 6.69. The van der Waals surface area contributed by atoms with Crippen molar-refractivity contribution < 1.29 is 26.1 Å². The number of nitrogens with zero attached hydrogens (tertiary/aromatic N) is 2. The Morgan fingerprint density at radius 3 is 2.90 bits per heavy atom. The fourth-order valence-electron chi connectivity index (χ4n) is 0.563. The van der Waals surface area contributed by atoms with Gasteiger partial charge >= 0.3 is 0 Å². The van der Waals surface area contributed by atoms with Crippen molar-refractivity contribution in [2.24, 2.45) is 4.99 Å². The smallest absolute Gasteiger partial charge is 0.200 e. The molecule has 0 saturated heterocycles. The molecule has 0 saturated carbocycles. The first-order valence-electron chi connectivity index (χ1n) is 2.59. The second-order valence-corrected chi connectivity index (χ2v) is 1.63. The first kappa shape index (κ1) is 9.30. The SMILES string of the molecule is [CH2-]C(=O)ON1C=NCC1.[Ni]. The van der Waals surface area contributed by atoms with Gasteiger partial charge in [0.25, 0.3) is 0 Å². The fraction of sp³-hybridized carbons (Fsp3) is 0.400. The van der Waals surface area contributed by atoms with Crippen LogP contribution < -0.4 is 0 Å². The molecule has 0 N–H and O–H groups in total. The minimum absolute atomic E-state index is 0. The quantitative estimate of drug-likeness (QED) is 0.413. The maximum atomic E-state index is 10.2. The maximum Gasteiger partial charge on any atom is 0.200 e. The molecule has 0 bridgehead atoms. The van der Waals surface area contributed by atoms with Crippen LogP contribution in [0.15, 0.2) is 4.99 Å². The summed E-state index contributed by atoms with van der Waals surface area (Å²) in [4.78, 5) is 18.5. The van der Waals surface area contributed by atoms with Gasteiger partial charge < -0.3 is 4.84 Å². The van der Waals surface area contributed by atoms with E-state index in [0.29, 0.717) is 13.1 Å². The molecule has 0 atom stereocenters. The molecule has 0 unspecified atom stereocenters. The molecular weight excluding hydrogens is 179 g/mol. The fourth-order valence-corrected chi connectivity index (χ4v) is 0.563. The van der Waals surface area contributed by atoms with E-state index in [1.165, 1.54) is 11.4 Å². The molecule has 0 aromatic carbocycles. The summed E-state index contributed by atoms with van der Waals surface area (Å²) in [5, 5.41) is 1.36. The van der Waals surface area contributed by atoms with Crippen molar-refractivity contribution in [2.45, 2.75) is 0 Å². The molecule has 0 fully saturated rings. The third-order valence-corrected chi connectivity index (χ3v) is 0.879. The van der Waals surface area contributed by atoms with E-state index in [9.17, 15) is 4.79 Å². The summed E-state index contributed by atoms with van der Waals surface area (Å²) < 4.78 is 0. The molecular formula is C5H7N2NiO2-. The van der Waals surface area contributed by atoms with Crippen molar-refractivity contribution >= 4 is 12.3 Å². The van der Waals surface area contributed by atoms with Gasteiger partial charge in [0.2, 0.25) is 0 Å². The van der Waals surface area contributed by atoms with Gasteiger partial charge in [0.15, 0.2) is 5.97 Å². The van der Waals surface area contributed by atoms with Crippen LogP contribution in [0.5, 0.6) is 0 Å². The summed E-state index contributed by atoms with van der Waals surface area (Å²) in [6, 6.07) is 0. The number of carbonyl (C=O) groups is 1. The van der Waals surface area contributed by atoms with Crippen LogP contribution in [-0.2, 0) is 26.1 Å². The summed E-state index contributed by atoms with van der Waals surface area (Å²) in [5.41, 5.74) is 0. The number of rotatable bonds is 1. The van der Waals surface area contributed by atoms with Crippen molar-refractivity contribution in [1.82, 2.24) is 5.06 Å². The van der Waals surface area contributed by atoms with Gasteiger partial charge in [-0.2, -0.15) is 5.06 Å². The van der Waals surface area contributed by atoms with Crippen LogP contribution >= 0.6 is 0 Å². The maximum absolute atomic E-state index is 10.2. The van der Waals surface area contributed by atoms with E-state index in [2.05, 4.69) is 16.8 Å². The number of hydrogen-bond donors (Lipinski definition) is 0. The number of carbonyl (C=O) groups excluding carboxylic acids is 1. The zero-order valence-electron chi connectivity index (χ0n) is 5.23. The average molecular weight is 186 g/mol. The Labute approximate surface area is 69.1 Å². The van der Waals surface area contributed by atoms with Crippen molar-refractivity contribution in [2.75, 3.05) is 13.1 Å². The van der Waals surface area contributed by atoms with E-state index in [-0.39, 0.29) is 16.5 Å². The molecule has 0 aromatic rings. The van der Waals surface area contributed by atoms with Crippen LogP contribution in [0.2, 0.25) is 0 Å². The van der Waals surface area contributed by atoms with Crippen LogP contribution in [0.25, 0.3) is 0 Å². The second-order valence-electron chi connectivity index (χ2n) is 1.63. The Morgan fingerprint density at radius 1 is 1.80 bits per heavy atom. The van der Waals surface area contributed by atoms with Crippen LogP contribution in [0, 0.1) is 6.92 Å². The van der Waals surface area contributed by atoms with Crippen molar-refractivity contribution in [1.29, 1.82) is 0 Å². The molecule has 0 radical (unpaired) electrons. The molecule has 10 heavy (non-hydrogen) atoms. The summed E-state index contributed by atoms with van der Waals surface area (Å²) in [6.07, 6.45) is 1.48. The summed E-state index contributed by atoms with van der Waals surface area (Å²) >= 11 is 0. The minimum Gasteiger partial charge on any atom is -0.373 e. The van der Waals surface area contributed by atoms with Gasteiger partial charge in [-0.25, -0.2) is 0 Å². The van der Waals surface area contributed by atoms with E-state index in [1.807, 2.05) is 0 Å². The summed E-state index contributed by atoms with van der Waals surface area (Å²) in [7, 11) is 0. The molecule has 0 aromatic heterocycles. The Hall–Kier alpha value is -0.696. The van der Waals surface area contributed by atoms with Gasteiger partial charge in [-0.3, -0.25) is 16.7 Å². The van der Waals surface area contributed by atoms with Gasteiger partial charge in [0.1, 0.15) is 6.34 Å². The molecule has 60 valence electrons. The standard InChI is InChI=1S/C5H7N2O2.Ni/c1-5(8)9-7-3-2-6-4-7;/h4H,1-3H2;/q-1;. The van der Waals surface area contributed by atoms with Gasteiger partial charge in [-0.1, -0.05) is 0 Å². The van der Waals surface area contributed by atoms with Crippen molar-refractivity contribution in [3.8, 4) is 0 Å².